The molecule has 2 aliphatic rings. The molecule has 0 aromatic heterocycles. The first-order valence-corrected chi connectivity index (χ1v) is 10.3. The molecule has 2 aliphatic heterocycles. The highest BCUT2D eigenvalue weighted by Gasteiger charge is 2.37. The van der Waals surface area contributed by atoms with E-state index < -0.39 is 0 Å². The average Bonchev–Trinajstić information content (AvgIpc) is 2.66. The molecule has 0 fully saturated rings. The second kappa shape index (κ2) is 6.28. The SMILES string of the molecule is C[C@H]1CC(C)(C)Nc2ccc3c(c21)[C@H](c1ccc(Cl)cc1)Oc1ccccc1-3. The molecule has 0 amide bonds. The minimum absolute atomic E-state index is 0.0872. The number of rotatable bonds is 1. The molecule has 2 heterocycles. The monoisotopic (exact) mass is 389 g/mol. The van der Waals surface area contributed by atoms with Gasteiger partial charge in [0.15, 0.2) is 0 Å². The summed E-state index contributed by atoms with van der Waals surface area (Å²) in [7, 11) is 0. The molecule has 2 atom stereocenters. The summed E-state index contributed by atoms with van der Waals surface area (Å²) in [4.78, 5) is 0. The Kier molecular flexibility index (Phi) is 3.96. The molecule has 0 bridgehead atoms. The standard InChI is InChI=1S/C25H24ClNO/c1-15-14-25(2,3)27-20-13-12-19-18-6-4-5-7-21(18)28-24(23(19)22(15)20)16-8-10-17(26)11-9-16/h4-13,15,24,27H,14H2,1-3H3/t15-,24-/m0/s1. The van der Waals surface area contributed by atoms with Gasteiger partial charge in [-0.15, -0.1) is 0 Å². The lowest BCUT2D eigenvalue weighted by molar-refractivity contribution is 0.241. The summed E-state index contributed by atoms with van der Waals surface area (Å²) in [6.07, 6.45) is 0.952. The number of fused-ring (bicyclic) bond motifs is 5. The Labute approximate surface area is 171 Å². The van der Waals surface area contributed by atoms with Crippen molar-refractivity contribution in [3.8, 4) is 16.9 Å². The topological polar surface area (TPSA) is 21.3 Å². The minimum atomic E-state index is -0.137. The van der Waals surface area contributed by atoms with Crippen LogP contribution in [0.3, 0.4) is 0 Å². The van der Waals surface area contributed by atoms with E-state index in [1.165, 1.54) is 27.9 Å². The van der Waals surface area contributed by atoms with Crippen molar-refractivity contribution in [1.29, 1.82) is 0 Å². The van der Waals surface area contributed by atoms with Crippen LogP contribution < -0.4 is 10.1 Å². The lowest BCUT2D eigenvalue weighted by Gasteiger charge is -2.41. The van der Waals surface area contributed by atoms with Gasteiger partial charge in [-0.3, -0.25) is 0 Å². The van der Waals surface area contributed by atoms with Crippen LogP contribution in [0.4, 0.5) is 5.69 Å². The molecule has 142 valence electrons. The molecular formula is C25H24ClNO. The summed E-state index contributed by atoms with van der Waals surface area (Å²) < 4.78 is 6.58. The summed E-state index contributed by atoms with van der Waals surface area (Å²) >= 11 is 6.15. The predicted molar refractivity (Wildman–Crippen MR) is 117 cm³/mol. The maximum atomic E-state index is 6.58. The zero-order valence-corrected chi connectivity index (χ0v) is 17.2. The van der Waals surface area contributed by atoms with Crippen molar-refractivity contribution in [3.63, 3.8) is 0 Å². The highest BCUT2D eigenvalue weighted by Crippen LogP contribution is 2.51. The Morgan fingerprint density at radius 3 is 2.46 bits per heavy atom. The van der Waals surface area contributed by atoms with Crippen molar-refractivity contribution in [3.05, 3.63) is 82.4 Å². The third kappa shape index (κ3) is 2.79. The molecule has 28 heavy (non-hydrogen) atoms. The van der Waals surface area contributed by atoms with E-state index in [1.54, 1.807) is 0 Å². The van der Waals surface area contributed by atoms with Crippen molar-refractivity contribution in [2.24, 2.45) is 0 Å². The lowest BCUT2D eigenvalue weighted by Crippen LogP contribution is -2.37. The van der Waals surface area contributed by atoms with Gasteiger partial charge in [-0.05, 0) is 67.1 Å². The van der Waals surface area contributed by atoms with Gasteiger partial charge in [0, 0.05) is 27.4 Å². The van der Waals surface area contributed by atoms with E-state index in [-0.39, 0.29) is 11.6 Å². The Balaban J connectivity index is 1.77. The molecule has 0 aliphatic carbocycles. The minimum Gasteiger partial charge on any atom is -0.480 e. The first kappa shape index (κ1) is 17.6. The van der Waals surface area contributed by atoms with Gasteiger partial charge in [-0.1, -0.05) is 54.9 Å². The normalized spacial score (nSPS) is 21.6. The van der Waals surface area contributed by atoms with Gasteiger partial charge in [-0.25, -0.2) is 0 Å². The second-order valence-electron chi connectivity index (χ2n) is 8.65. The van der Waals surface area contributed by atoms with Gasteiger partial charge in [-0.2, -0.15) is 0 Å². The van der Waals surface area contributed by atoms with Gasteiger partial charge in [0.1, 0.15) is 11.9 Å². The van der Waals surface area contributed by atoms with Crippen LogP contribution in [0.5, 0.6) is 5.75 Å². The Morgan fingerprint density at radius 1 is 0.929 bits per heavy atom. The van der Waals surface area contributed by atoms with Crippen LogP contribution >= 0.6 is 11.6 Å². The highest BCUT2D eigenvalue weighted by atomic mass is 35.5. The van der Waals surface area contributed by atoms with Crippen LogP contribution in [0.1, 0.15) is 55.9 Å². The van der Waals surface area contributed by atoms with Gasteiger partial charge in [0.05, 0.1) is 0 Å². The Morgan fingerprint density at radius 2 is 1.68 bits per heavy atom. The smallest absolute Gasteiger partial charge is 0.150 e. The molecule has 0 saturated carbocycles. The summed E-state index contributed by atoms with van der Waals surface area (Å²) in [5.41, 5.74) is 7.55. The van der Waals surface area contributed by atoms with E-state index >= 15 is 0 Å². The van der Waals surface area contributed by atoms with Crippen LogP contribution in [-0.2, 0) is 0 Å². The summed E-state index contributed by atoms with van der Waals surface area (Å²) in [5, 5.41) is 4.49. The lowest BCUT2D eigenvalue weighted by atomic mass is 9.75. The van der Waals surface area contributed by atoms with Crippen molar-refractivity contribution < 1.29 is 4.74 Å². The second-order valence-corrected chi connectivity index (χ2v) is 9.08. The third-order valence-corrected chi connectivity index (χ3v) is 6.18. The van der Waals surface area contributed by atoms with Crippen LogP contribution in [0.2, 0.25) is 5.02 Å². The fourth-order valence-corrected chi connectivity index (χ4v) is 5.05. The average molecular weight is 390 g/mol. The highest BCUT2D eigenvalue weighted by molar-refractivity contribution is 6.30. The van der Waals surface area contributed by atoms with Crippen LogP contribution in [0.15, 0.2) is 60.7 Å². The number of hydrogen-bond acceptors (Lipinski definition) is 2. The zero-order chi connectivity index (χ0) is 19.5. The molecule has 3 aromatic rings. The van der Waals surface area contributed by atoms with E-state index in [0.29, 0.717) is 5.92 Å². The first-order chi connectivity index (χ1) is 13.4. The van der Waals surface area contributed by atoms with Gasteiger partial charge in [0.2, 0.25) is 0 Å². The molecule has 2 nitrogen and oxygen atoms in total. The summed E-state index contributed by atoms with van der Waals surface area (Å²) in [6.45, 7) is 6.88. The third-order valence-electron chi connectivity index (χ3n) is 5.93. The van der Waals surface area contributed by atoms with Crippen LogP contribution in [-0.4, -0.2) is 5.54 Å². The van der Waals surface area contributed by atoms with Gasteiger partial charge < -0.3 is 10.1 Å². The van der Waals surface area contributed by atoms with E-state index in [0.717, 1.165) is 22.8 Å². The largest absolute Gasteiger partial charge is 0.480 e. The summed E-state index contributed by atoms with van der Waals surface area (Å²) in [6, 6.07) is 20.9. The van der Waals surface area contributed by atoms with Crippen molar-refractivity contribution in [2.75, 3.05) is 5.32 Å². The number of ether oxygens (including phenoxy) is 1. The fourth-order valence-electron chi connectivity index (χ4n) is 4.93. The zero-order valence-electron chi connectivity index (χ0n) is 16.4. The number of nitrogens with one attached hydrogen (secondary N) is 1. The van der Waals surface area contributed by atoms with E-state index in [1.807, 2.05) is 18.2 Å². The van der Waals surface area contributed by atoms with Crippen LogP contribution in [0, 0.1) is 0 Å². The molecule has 0 saturated heterocycles. The maximum Gasteiger partial charge on any atom is 0.150 e. The van der Waals surface area contributed by atoms with E-state index in [4.69, 9.17) is 16.3 Å². The van der Waals surface area contributed by atoms with E-state index in [2.05, 4.69) is 68.6 Å². The molecule has 3 heteroatoms. The molecule has 3 aromatic carbocycles. The van der Waals surface area contributed by atoms with Crippen molar-refractivity contribution in [2.45, 2.75) is 44.8 Å². The van der Waals surface area contributed by atoms with Crippen LogP contribution in [0.25, 0.3) is 11.1 Å². The fraction of sp³-hybridized carbons (Fsp3) is 0.280. The summed E-state index contributed by atoms with van der Waals surface area (Å²) in [5.74, 6) is 1.39. The molecule has 1 N–H and O–H groups in total. The first-order valence-electron chi connectivity index (χ1n) is 9.89. The molecule has 0 unspecified atom stereocenters. The Bertz CT molecular complexity index is 1050. The van der Waals surface area contributed by atoms with E-state index in [9.17, 15) is 0 Å². The quantitative estimate of drug-likeness (QED) is 0.475. The van der Waals surface area contributed by atoms with Gasteiger partial charge in [0.25, 0.3) is 0 Å². The molecular weight excluding hydrogens is 366 g/mol. The number of para-hydroxylation sites is 1. The van der Waals surface area contributed by atoms with Gasteiger partial charge >= 0.3 is 0 Å². The Hall–Kier alpha value is -2.45. The number of hydrogen-bond donors (Lipinski definition) is 1. The number of halogens is 1. The molecule has 0 radical (unpaired) electrons. The molecule has 5 rings (SSSR count). The number of anilines is 1. The number of benzene rings is 3. The predicted octanol–water partition coefficient (Wildman–Crippen LogP) is 7.19. The molecule has 0 spiro atoms. The van der Waals surface area contributed by atoms with Crippen molar-refractivity contribution in [1.82, 2.24) is 0 Å². The maximum absolute atomic E-state index is 6.58. The van der Waals surface area contributed by atoms with Crippen molar-refractivity contribution >= 4 is 17.3 Å².